The summed E-state index contributed by atoms with van der Waals surface area (Å²) in [6.45, 7) is 5.53. The number of nitrogens with zero attached hydrogens (tertiary/aromatic N) is 1. The van der Waals surface area contributed by atoms with Gasteiger partial charge in [0.2, 0.25) is 6.41 Å². The molecule has 0 heterocycles. The molecular weight excluding hydrogens is 242 g/mol. The van der Waals surface area contributed by atoms with Crippen molar-refractivity contribution < 1.29 is 14.7 Å². The third kappa shape index (κ3) is 2.23. The molecule has 2 rings (SSSR count). The SMILES string of the molecule is Cc1ccc(C(C)(C(=O)O)N(C=O)C2CC2)cc1C. The molecule has 1 aliphatic rings. The van der Waals surface area contributed by atoms with Gasteiger partial charge in [0, 0.05) is 6.04 Å². The van der Waals surface area contributed by atoms with Gasteiger partial charge in [-0.3, -0.25) is 4.79 Å². The minimum Gasteiger partial charge on any atom is -0.479 e. The third-order valence-corrected chi connectivity index (χ3v) is 4.06. The quantitative estimate of drug-likeness (QED) is 0.827. The second-order valence-corrected chi connectivity index (χ2v) is 5.42. The molecule has 1 atom stereocenters. The lowest BCUT2D eigenvalue weighted by atomic mass is 9.88. The maximum Gasteiger partial charge on any atom is 0.334 e. The molecule has 1 amide bonds. The van der Waals surface area contributed by atoms with Crippen molar-refractivity contribution in [2.45, 2.75) is 45.2 Å². The highest BCUT2D eigenvalue weighted by atomic mass is 16.4. The van der Waals surface area contributed by atoms with Crippen molar-refractivity contribution in [3.63, 3.8) is 0 Å². The summed E-state index contributed by atoms with van der Waals surface area (Å²) in [5, 5.41) is 9.62. The average molecular weight is 261 g/mol. The number of hydrogen-bond acceptors (Lipinski definition) is 2. The summed E-state index contributed by atoms with van der Waals surface area (Å²) in [6, 6.07) is 5.62. The van der Waals surface area contributed by atoms with Gasteiger partial charge >= 0.3 is 5.97 Å². The van der Waals surface area contributed by atoms with Crippen LogP contribution in [0, 0.1) is 13.8 Å². The summed E-state index contributed by atoms with van der Waals surface area (Å²) in [4.78, 5) is 24.5. The number of aliphatic carboxylic acids is 1. The van der Waals surface area contributed by atoms with Crippen LogP contribution >= 0.6 is 0 Å². The van der Waals surface area contributed by atoms with Crippen LogP contribution in [0.3, 0.4) is 0 Å². The Bertz CT molecular complexity index is 522. The Morgan fingerprint density at radius 1 is 1.37 bits per heavy atom. The zero-order valence-electron chi connectivity index (χ0n) is 11.5. The van der Waals surface area contributed by atoms with Crippen LogP contribution < -0.4 is 0 Å². The Labute approximate surface area is 113 Å². The van der Waals surface area contributed by atoms with Crippen LogP contribution in [0.25, 0.3) is 0 Å². The lowest BCUT2D eigenvalue weighted by Gasteiger charge is -2.36. The zero-order valence-corrected chi connectivity index (χ0v) is 11.5. The van der Waals surface area contributed by atoms with Crippen LogP contribution in [0.15, 0.2) is 18.2 Å². The number of hydrogen-bond donors (Lipinski definition) is 1. The molecule has 4 nitrogen and oxygen atoms in total. The second kappa shape index (κ2) is 4.68. The molecule has 0 spiro atoms. The van der Waals surface area contributed by atoms with Crippen LogP contribution in [0.1, 0.15) is 36.5 Å². The van der Waals surface area contributed by atoms with Crippen molar-refractivity contribution in [3.05, 3.63) is 34.9 Å². The van der Waals surface area contributed by atoms with Crippen molar-refractivity contribution in [1.82, 2.24) is 4.90 Å². The Kier molecular flexibility index (Phi) is 3.35. The molecule has 1 aromatic rings. The van der Waals surface area contributed by atoms with Crippen molar-refractivity contribution in [2.24, 2.45) is 0 Å². The highest BCUT2D eigenvalue weighted by Gasteiger charge is 2.47. The van der Waals surface area contributed by atoms with Gasteiger partial charge in [-0.1, -0.05) is 18.2 Å². The van der Waals surface area contributed by atoms with E-state index in [1.807, 2.05) is 26.0 Å². The first-order valence-electron chi connectivity index (χ1n) is 6.46. The van der Waals surface area contributed by atoms with Crippen molar-refractivity contribution in [2.75, 3.05) is 0 Å². The van der Waals surface area contributed by atoms with E-state index in [2.05, 4.69) is 0 Å². The predicted molar refractivity (Wildman–Crippen MR) is 71.8 cm³/mol. The van der Waals surface area contributed by atoms with E-state index in [1.165, 1.54) is 4.90 Å². The number of carboxylic acids is 1. The molecule has 1 aliphatic carbocycles. The fourth-order valence-electron chi connectivity index (χ4n) is 2.34. The van der Waals surface area contributed by atoms with E-state index >= 15 is 0 Å². The second-order valence-electron chi connectivity index (χ2n) is 5.42. The first kappa shape index (κ1) is 13.6. The fourth-order valence-corrected chi connectivity index (χ4v) is 2.34. The van der Waals surface area contributed by atoms with Crippen LogP contribution in [0.2, 0.25) is 0 Å². The van der Waals surface area contributed by atoms with Crippen LogP contribution in [-0.4, -0.2) is 28.4 Å². The number of carbonyl (C=O) groups is 2. The zero-order chi connectivity index (χ0) is 14.2. The number of benzene rings is 1. The molecule has 0 aromatic heterocycles. The molecule has 1 unspecified atom stereocenters. The summed E-state index contributed by atoms with van der Waals surface area (Å²) >= 11 is 0. The predicted octanol–water partition coefficient (Wildman–Crippen LogP) is 2.22. The minimum atomic E-state index is -1.29. The highest BCUT2D eigenvalue weighted by molar-refractivity contribution is 5.83. The van der Waals surface area contributed by atoms with Gasteiger partial charge < -0.3 is 10.0 Å². The van der Waals surface area contributed by atoms with Gasteiger partial charge in [0.25, 0.3) is 0 Å². The molecule has 102 valence electrons. The number of aryl methyl sites for hydroxylation is 2. The first-order chi connectivity index (χ1) is 8.91. The normalized spacial score (nSPS) is 17.6. The Morgan fingerprint density at radius 2 is 2.00 bits per heavy atom. The topological polar surface area (TPSA) is 57.6 Å². The van der Waals surface area contributed by atoms with Crippen LogP contribution in [-0.2, 0) is 15.1 Å². The molecule has 1 fully saturated rings. The monoisotopic (exact) mass is 261 g/mol. The van der Waals surface area contributed by atoms with Gasteiger partial charge in [-0.25, -0.2) is 4.79 Å². The number of carboxylic acid groups (broad SMARTS) is 1. The highest BCUT2D eigenvalue weighted by Crippen LogP contribution is 2.38. The molecular formula is C15H19NO3. The molecule has 19 heavy (non-hydrogen) atoms. The number of amides is 1. The lowest BCUT2D eigenvalue weighted by molar-refractivity contribution is -0.155. The number of rotatable bonds is 5. The van der Waals surface area contributed by atoms with E-state index in [0.717, 1.165) is 24.0 Å². The van der Waals surface area contributed by atoms with Gasteiger partial charge in [0.1, 0.15) is 0 Å². The van der Waals surface area contributed by atoms with Gasteiger partial charge in [-0.2, -0.15) is 0 Å². The maximum absolute atomic E-state index is 11.7. The van der Waals surface area contributed by atoms with E-state index in [4.69, 9.17) is 0 Å². The Balaban J connectivity index is 2.51. The minimum absolute atomic E-state index is 0.0557. The van der Waals surface area contributed by atoms with E-state index in [-0.39, 0.29) is 6.04 Å². The van der Waals surface area contributed by atoms with Gasteiger partial charge in [-0.15, -0.1) is 0 Å². The Morgan fingerprint density at radius 3 is 2.42 bits per heavy atom. The van der Waals surface area contributed by atoms with Crippen molar-refractivity contribution >= 4 is 12.4 Å². The van der Waals surface area contributed by atoms with E-state index in [0.29, 0.717) is 12.0 Å². The van der Waals surface area contributed by atoms with Crippen molar-refractivity contribution in [1.29, 1.82) is 0 Å². The average Bonchev–Trinajstić information content (AvgIpc) is 3.17. The molecule has 1 saturated carbocycles. The standard InChI is InChI=1S/C15H19NO3/c1-10-4-5-12(8-11(10)2)15(3,14(18)19)16(9-17)13-6-7-13/h4-5,8-9,13H,6-7H2,1-3H3,(H,18,19). The lowest BCUT2D eigenvalue weighted by Crippen LogP contribution is -2.50. The summed E-state index contributed by atoms with van der Waals surface area (Å²) in [6.07, 6.45) is 2.43. The summed E-state index contributed by atoms with van der Waals surface area (Å²) < 4.78 is 0. The van der Waals surface area contributed by atoms with Gasteiger partial charge in [-0.05, 0) is 50.3 Å². The summed E-state index contributed by atoms with van der Waals surface area (Å²) in [5.41, 5.74) is 1.51. The Hall–Kier alpha value is -1.84. The molecule has 1 aromatic carbocycles. The molecule has 0 aliphatic heterocycles. The van der Waals surface area contributed by atoms with E-state index in [1.54, 1.807) is 13.0 Å². The molecule has 4 heteroatoms. The molecule has 0 radical (unpaired) electrons. The molecule has 1 N–H and O–H groups in total. The van der Waals surface area contributed by atoms with Crippen LogP contribution in [0.4, 0.5) is 0 Å². The largest absolute Gasteiger partial charge is 0.479 e. The third-order valence-electron chi connectivity index (χ3n) is 4.06. The fraction of sp³-hybridized carbons (Fsp3) is 0.467. The summed E-state index contributed by atoms with van der Waals surface area (Å²) in [7, 11) is 0. The summed E-state index contributed by atoms with van der Waals surface area (Å²) in [5.74, 6) is -0.991. The van der Waals surface area contributed by atoms with Gasteiger partial charge in [0.05, 0.1) is 0 Å². The smallest absolute Gasteiger partial charge is 0.334 e. The number of carbonyl (C=O) groups excluding carboxylic acids is 1. The first-order valence-corrected chi connectivity index (χ1v) is 6.46. The van der Waals surface area contributed by atoms with Crippen LogP contribution in [0.5, 0.6) is 0 Å². The van der Waals surface area contributed by atoms with E-state index < -0.39 is 11.5 Å². The maximum atomic E-state index is 11.7. The van der Waals surface area contributed by atoms with Gasteiger partial charge in [0.15, 0.2) is 5.54 Å². The molecule has 0 saturated heterocycles. The van der Waals surface area contributed by atoms with Crippen molar-refractivity contribution in [3.8, 4) is 0 Å². The molecule has 0 bridgehead atoms. The van der Waals surface area contributed by atoms with E-state index in [9.17, 15) is 14.7 Å².